The number of hydrogen-bond donors (Lipinski definition) is 0. The molecule has 0 radical (unpaired) electrons. The van der Waals surface area contributed by atoms with Gasteiger partial charge >= 0.3 is 0 Å². The molecule has 1 unspecified atom stereocenters. The Balaban J connectivity index is 2.27. The SMILES string of the molecule is CCCCCCN1C(=O)C(CC)Oc2ccc([N+](=O)[O-])cc21. The van der Waals surface area contributed by atoms with Gasteiger partial charge in [0, 0.05) is 18.7 Å². The molecule has 1 atom stereocenters. The Kier molecular flexibility index (Phi) is 5.35. The van der Waals surface area contributed by atoms with Gasteiger partial charge < -0.3 is 9.64 Å². The summed E-state index contributed by atoms with van der Waals surface area (Å²) in [6.07, 6.45) is 4.26. The van der Waals surface area contributed by atoms with Crippen molar-refractivity contribution in [1.82, 2.24) is 0 Å². The molecule has 22 heavy (non-hydrogen) atoms. The summed E-state index contributed by atoms with van der Waals surface area (Å²) in [4.78, 5) is 24.6. The predicted molar refractivity (Wildman–Crippen MR) is 84.3 cm³/mol. The molecule has 1 heterocycles. The molecule has 0 saturated heterocycles. The van der Waals surface area contributed by atoms with Gasteiger partial charge in [0.25, 0.3) is 11.6 Å². The van der Waals surface area contributed by atoms with Crippen molar-refractivity contribution >= 4 is 17.3 Å². The average Bonchev–Trinajstić information content (AvgIpc) is 2.52. The molecule has 0 aliphatic carbocycles. The maximum atomic E-state index is 12.5. The van der Waals surface area contributed by atoms with E-state index in [0.29, 0.717) is 24.4 Å². The average molecular weight is 306 g/mol. The van der Waals surface area contributed by atoms with Gasteiger partial charge in [0.15, 0.2) is 6.10 Å². The van der Waals surface area contributed by atoms with Crippen LogP contribution in [0.25, 0.3) is 0 Å². The Morgan fingerprint density at radius 1 is 1.27 bits per heavy atom. The lowest BCUT2D eigenvalue weighted by Gasteiger charge is -2.34. The van der Waals surface area contributed by atoms with E-state index in [1.165, 1.54) is 12.1 Å². The third-order valence-electron chi connectivity index (χ3n) is 3.86. The van der Waals surface area contributed by atoms with E-state index >= 15 is 0 Å². The van der Waals surface area contributed by atoms with Crippen molar-refractivity contribution in [3.8, 4) is 5.75 Å². The molecule has 6 heteroatoms. The fourth-order valence-electron chi connectivity index (χ4n) is 2.61. The topological polar surface area (TPSA) is 72.7 Å². The first-order chi connectivity index (χ1) is 10.6. The van der Waals surface area contributed by atoms with Crippen LogP contribution in [0.1, 0.15) is 46.0 Å². The summed E-state index contributed by atoms with van der Waals surface area (Å²) in [6.45, 7) is 4.60. The van der Waals surface area contributed by atoms with Crippen LogP contribution in [0.5, 0.6) is 5.75 Å². The zero-order valence-electron chi connectivity index (χ0n) is 13.1. The summed E-state index contributed by atoms with van der Waals surface area (Å²) in [5.74, 6) is 0.444. The number of rotatable bonds is 7. The monoisotopic (exact) mass is 306 g/mol. The number of hydrogen-bond acceptors (Lipinski definition) is 4. The van der Waals surface area contributed by atoms with E-state index in [2.05, 4.69) is 6.92 Å². The molecule has 1 amide bonds. The minimum absolute atomic E-state index is 0.0244. The van der Waals surface area contributed by atoms with Crippen molar-refractivity contribution in [3.63, 3.8) is 0 Å². The van der Waals surface area contributed by atoms with Gasteiger partial charge in [0.2, 0.25) is 0 Å². The summed E-state index contributed by atoms with van der Waals surface area (Å²) in [6, 6.07) is 4.43. The highest BCUT2D eigenvalue weighted by Crippen LogP contribution is 2.37. The minimum Gasteiger partial charge on any atom is -0.478 e. The lowest BCUT2D eigenvalue weighted by Crippen LogP contribution is -2.46. The Labute approximate surface area is 130 Å². The summed E-state index contributed by atoms with van der Waals surface area (Å²) in [5.41, 5.74) is 0.490. The summed E-state index contributed by atoms with van der Waals surface area (Å²) in [7, 11) is 0. The summed E-state index contributed by atoms with van der Waals surface area (Å²) >= 11 is 0. The zero-order valence-corrected chi connectivity index (χ0v) is 13.1. The van der Waals surface area contributed by atoms with E-state index in [1.807, 2.05) is 6.92 Å². The number of ether oxygens (including phenoxy) is 1. The van der Waals surface area contributed by atoms with Gasteiger partial charge in [-0.05, 0) is 18.9 Å². The number of benzene rings is 1. The Morgan fingerprint density at radius 3 is 2.68 bits per heavy atom. The van der Waals surface area contributed by atoms with Crippen LogP contribution in [-0.2, 0) is 4.79 Å². The molecule has 1 aromatic carbocycles. The van der Waals surface area contributed by atoms with Crippen LogP contribution in [0, 0.1) is 10.1 Å². The van der Waals surface area contributed by atoms with Crippen molar-refractivity contribution < 1.29 is 14.5 Å². The van der Waals surface area contributed by atoms with Gasteiger partial charge in [0.05, 0.1) is 10.6 Å². The van der Waals surface area contributed by atoms with Crippen LogP contribution in [-0.4, -0.2) is 23.5 Å². The fraction of sp³-hybridized carbons (Fsp3) is 0.562. The molecule has 1 aliphatic rings. The van der Waals surface area contributed by atoms with E-state index in [9.17, 15) is 14.9 Å². The normalized spacial score (nSPS) is 17.1. The van der Waals surface area contributed by atoms with Gasteiger partial charge in [-0.25, -0.2) is 0 Å². The quantitative estimate of drug-likeness (QED) is 0.437. The third kappa shape index (κ3) is 3.37. The summed E-state index contributed by atoms with van der Waals surface area (Å²) < 4.78 is 5.67. The van der Waals surface area contributed by atoms with Crippen molar-refractivity contribution in [1.29, 1.82) is 0 Å². The fourth-order valence-corrected chi connectivity index (χ4v) is 2.61. The number of fused-ring (bicyclic) bond motifs is 1. The Morgan fingerprint density at radius 2 is 2.05 bits per heavy atom. The van der Waals surface area contributed by atoms with Crippen LogP contribution in [0.15, 0.2) is 18.2 Å². The highest BCUT2D eigenvalue weighted by Gasteiger charge is 2.34. The molecular formula is C16H22N2O4. The van der Waals surface area contributed by atoms with E-state index in [1.54, 1.807) is 11.0 Å². The molecule has 6 nitrogen and oxygen atoms in total. The molecule has 0 N–H and O–H groups in total. The van der Waals surface area contributed by atoms with E-state index in [-0.39, 0.29) is 11.6 Å². The van der Waals surface area contributed by atoms with Gasteiger partial charge in [-0.15, -0.1) is 0 Å². The van der Waals surface area contributed by atoms with E-state index < -0.39 is 11.0 Å². The van der Waals surface area contributed by atoms with Crippen molar-refractivity contribution in [2.45, 2.75) is 52.1 Å². The lowest BCUT2D eigenvalue weighted by molar-refractivity contribution is -0.384. The number of non-ortho nitro benzene ring substituents is 1. The largest absolute Gasteiger partial charge is 0.478 e. The van der Waals surface area contributed by atoms with Gasteiger partial charge in [0.1, 0.15) is 5.75 Å². The number of unbranched alkanes of at least 4 members (excludes halogenated alkanes) is 3. The molecule has 0 fully saturated rings. The van der Waals surface area contributed by atoms with Gasteiger partial charge in [-0.1, -0.05) is 33.1 Å². The number of carbonyl (C=O) groups excluding carboxylic acids is 1. The highest BCUT2D eigenvalue weighted by atomic mass is 16.6. The molecule has 0 spiro atoms. The highest BCUT2D eigenvalue weighted by molar-refractivity contribution is 6.00. The number of carbonyl (C=O) groups is 1. The third-order valence-corrected chi connectivity index (χ3v) is 3.86. The first-order valence-corrected chi connectivity index (χ1v) is 7.85. The minimum atomic E-state index is -0.500. The Hall–Kier alpha value is -2.11. The van der Waals surface area contributed by atoms with Crippen molar-refractivity contribution in [2.75, 3.05) is 11.4 Å². The second kappa shape index (κ2) is 7.24. The van der Waals surface area contributed by atoms with Gasteiger partial charge in [-0.3, -0.25) is 14.9 Å². The van der Waals surface area contributed by atoms with Crippen LogP contribution in [0.4, 0.5) is 11.4 Å². The first-order valence-electron chi connectivity index (χ1n) is 7.85. The van der Waals surface area contributed by atoms with Crippen LogP contribution < -0.4 is 9.64 Å². The smallest absolute Gasteiger partial charge is 0.271 e. The predicted octanol–water partition coefficient (Wildman–Crippen LogP) is 3.68. The number of nitrogens with zero attached hydrogens (tertiary/aromatic N) is 2. The molecule has 0 saturated carbocycles. The van der Waals surface area contributed by atoms with E-state index in [4.69, 9.17) is 4.74 Å². The van der Waals surface area contributed by atoms with E-state index in [0.717, 1.165) is 25.7 Å². The molecular weight excluding hydrogens is 284 g/mol. The molecule has 120 valence electrons. The molecule has 1 aromatic rings. The Bertz CT molecular complexity index is 559. The zero-order chi connectivity index (χ0) is 16.1. The summed E-state index contributed by atoms with van der Waals surface area (Å²) in [5, 5.41) is 11.0. The maximum Gasteiger partial charge on any atom is 0.271 e. The van der Waals surface area contributed by atoms with Crippen LogP contribution in [0.2, 0.25) is 0 Å². The second-order valence-electron chi connectivity index (χ2n) is 5.47. The standard InChI is InChI=1S/C16H22N2O4/c1-3-5-6-7-10-17-13-11-12(18(20)21)8-9-15(13)22-14(4-2)16(17)19/h8-9,11,14H,3-7,10H2,1-2H3. The van der Waals surface area contributed by atoms with Crippen LogP contribution >= 0.6 is 0 Å². The number of anilines is 1. The maximum absolute atomic E-state index is 12.5. The first kappa shape index (κ1) is 16.3. The number of nitro groups is 1. The molecule has 2 rings (SSSR count). The molecule has 0 aromatic heterocycles. The van der Waals surface area contributed by atoms with Crippen molar-refractivity contribution in [3.05, 3.63) is 28.3 Å². The lowest BCUT2D eigenvalue weighted by atomic mass is 10.1. The number of nitro benzene ring substituents is 1. The molecule has 0 bridgehead atoms. The number of amides is 1. The van der Waals surface area contributed by atoms with Gasteiger partial charge in [-0.2, -0.15) is 0 Å². The van der Waals surface area contributed by atoms with Crippen molar-refractivity contribution in [2.24, 2.45) is 0 Å². The van der Waals surface area contributed by atoms with Crippen LogP contribution in [0.3, 0.4) is 0 Å². The molecule has 1 aliphatic heterocycles. The second-order valence-corrected chi connectivity index (χ2v) is 5.47.